The Morgan fingerprint density at radius 1 is 1.16 bits per heavy atom. The molecule has 0 radical (unpaired) electrons. The van der Waals surface area contributed by atoms with Gasteiger partial charge in [-0.25, -0.2) is 4.98 Å². The number of ether oxygens (including phenoxy) is 2. The summed E-state index contributed by atoms with van der Waals surface area (Å²) >= 11 is 0. The first kappa shape index (κ1) is 16.3. The van der Waals surface area contributed by atoms with Crippen LogP contribution in [0.4, 0.5) is 0 Å². The topological polar surface area (TPSA) is 65.4 Å². The lowest BCUT2D eigenvalue weighted by molar-refractivity contribution is -0.157. The molecule has 25 heavy (non-hydrogen) atoms. The van der Waals surface area contributed by atoms with Gasteiger partial charge in [-0.05, 0) is 37.0 Å². The average Bonchev–Trinajstić information content (AvgIpc) is 3.15. The van der Waals surface area contributed by atoms with E-state index < -0.39 is 0 Å². The molecule has 3 atom stereocenters. The lowest BCUT2D eigenvalue weighted by Crippen LogP contribution is -2.49. The van der Waals surface area contributed by atoms with Crippen molar-refractivity contribution < 1.29 is 14.3 Å². The highest BCUT2D eigenvalue weighted by atomic mass is 16.6. The highest BCUT2D eigenvalue weighted by Gasteiger charge is 2.34. The number of nitrogens with one attached hydrogen (secondary N) is 1. The summed E-state index contributed by atoms with van der Waals surface area (Å²) in [6, 6.07) is 7.90. The number of rotatable bonds is 4. The number of hydrogen-bond donors (Lipinski definition) is 1. The zero-order valence-electron chi connectivity index (χ0n) is 14.1. The Morgan fingerprint density at radius 2 is 1.96 bits per heavy atom. The zero-order chi connectivity index (χ0) is 17.1. The standard InChI is InChI=1S/C19H23N3O3/c23-19(21-16-5-6-17-18(11-16)25-10-9-24-17)15-3-1-14(2-4-15)12-22-8-7-20-13-22/h1-4,7-8,13,16-18H,5-6,9-12H2,(H,21,23). The van der Waals surface area contributed by atoms with Crippen LogP contribution in [0.5, 0.6) is 0 Å². The number of carbonyl (C=O) groups excluding carboxylic acids is 1. The van der Waals surface area contributed by atoms with E-state index in [2.05, 4.69) is 10.3 Å². The largest absolute Gasteiger partial charge is 0.373 e. The highest BCUT2D eigenvalue weighted by Crippen LogP contribution is 2.27. The molecule has 1 aliphatic heterocycles. The highest BCUT2D eigenvalue weighted by molar-refractivity contribution is 5.94. The Morgan fingerprint density at radius 3 is 2.72 bits per heavy atom. The maximum absolute atomic E-state index is 12.5. The van der Waals surface area contributed by atoms with E-state index >= 15 is 0 Å². The van der Waals surface area contributed by atoms with Gasteiger partial charge in [-0.3, -0.25) is 4.79 Å². The number of aromatic nitrogens is 2. The lowest BCUT2D eigenvalue weighted by Gasteiger charge is -2.39. The molecule has 1 aromatic carbocycles. The van der Waals surface area contributed by atoms with Gasteiger partial charge in [0.15, 0.2) is 0 Å². The molecule has 132 valence electrons. The first-order chi connectivity index (χ1) is 12.3. The molecule has 4 rings (SSSR count). The fourth-order valence-corrected chi connectivity index (χ4v) is 3.62. The number of imidazole rings is 1. The summed E-state index contributed by atoms with van der Waals surface area (Å²) < 4.78 is 13.5. The van der Waals surface area contributed by atoms with Crippen molar-refractivity contribution in [3.05, 3.63) is 54.1 Å². The smallest absolute Gasteiger partial charge is 0.251 e. The molecule has 2 fully saturated rings. The van der Waals surface area contributed by atoms with Gasteiger partial charge in [0.05, 0.1) is 31.7 Å². The van der Waals surface area contributed by atoms with E-state index in [-0.39, 0.29) is 24.2 Å². The lowest BCUT2D eigenvalue weighted by atomic mass is 9.89. The summed E-state index contributed by atoms with van der Waals surface area (Å²) in [4.78, 5) is 16.5. The Bertz CT molecular complexity index is 699. The van der Waals surface area contributed by atoms with Gasteiger partial charge < -0.3 is 19.4 Å². The van der Waals surface area contributed by atoms with Crippen molar-refractivity contribution in [3.8, 4) is 0 Å². The molecule has 1 aromatic heterocycles. The molecule has 0 bridgehead atoms. The molecule has 1 saturated heterocycles. The van der Waals surface area contributed by atoms with Crippen LogP contribution in [0, 0.1) is 0 Å². The van der Waals surface area contributed by atoms with Crippen molar-refractivity contribution in [1.82, 2.24) is 14.9 Å². The number of hydrogen-bond acceptors (Lipinski definition) is 4. The summed E-state index contributed by atoms with van der Waals surface area (Å²) in [5.41, 5.74) is 1.83. The molecule has 1 amide bonds. The minimum absolute atomic E-state index is 0.0191. The molecule has 3 unspecified atom stereocenters. The van der Waals surface area contributed by atoms with Gasteiger partial charge in [0, 0.05) is 30.5 Å². The zero-order valence-corrected chi connectivity index (χ0v) is 14.1. The second-order valence-electron chi connectivity index (χ2n) is 6.73. The van der Waals surface area contributed by atoms with Gasteiger partial charge in [-0.1, -0.05) is 12.1 Å². The third-order valence-electron chi connectivity index (χ3n) is 4.95. The van der Waals surface area contributed by atoms with Crippen LogP contribution in [0.2, 0.25) is 0 Å². The number of amides is 1. The molecular formula is C19H23N3O3. The Labute approximate surface area is 147 Å². The third kappa shape index (κ3) is 3.91. The van der Waals surface area contributed by atoms with E-state index in [4.69, 9.17) is 9.47 Å². The molecule has 1 saturated carbocycles. The van der Waals surface area contributed by atoms with Gasteiger partial charge >= 0.3 is 0 Å². The van der Waals surface area contributed by atoms with Gasteiger partial charge in [-0.2, -0.15) is 0 Å². The fraction of sp³-hybridized carbons (Fsp3) is 0.474. The van der Waals surface area contributed by atoms with Crippen molar-refractivity contribution >= 4 is 5.91 Å². The van der Waals surface area contributed by atoms with Crippen molar-refractivity contribution in [2.75, 3.05) is 13.2 Å². The molecule has 2 aliphatic rings. The Kier molecular flexibility index (Phi) is 4.81. The van der Waals surface area contributed by atoms with Crippen molar-refractivity contribution in [2.24, 2.45) is 0 Å². The molecule has 0 spiro atoms. The van der Waals surface area contributed by atoms with Crippen LogP contribution in [0.15, 0.2) is 43.0 Å². The average molecular weight is 341 g/mol. The van der Waals surface area contributed by atoms with Crippen LogP contribution in [-0.2, 0) is 16.0 Å². The number of benzene rings is 1. The Balaban J connectivity index is 1.33. The normalized spacial score (nSPS) is 26.0. The number of carbonyl (C=O) groups is 1. The summed E-state index contributed by atoms with van der Waals surface area (Å²) in [7, 11) is 0. The molecule has 1 aliphatic carbocycles. The molecular weight excluding hydrogens is 318 g/mol. The van der Waals surface area contributed by atoms with Gasteiger partial charge in [0.1, 0.15) is 0 Å². The molecule has 6 nitrogen and oxygen atoms in total. The van der Waals surface area contributed by atoms with E-state index in [0.717, 1.165) is 31.4 Å². The van der Waals surface area contributed by atoms with Gasteiger partial charge in [-0.15, -0.1) is 0 Å². The predicted octanol–water partition coefficient (Wildman–Crippen LogP) is 2.00. The summed E-state index contributed by atoms with van der Waals surface area (Å²) in [5.74, 6) is -0.0191. The quantitative estimate of drug-likeness (QED) is 0.924. The van der Waals surface area contributed by atoms with Crippen LogP contribution in [-0.4, -0.2) is 46.9 Å². The minimum atomic E-state index is -0.0191. The summed E-state index contributed by atoms with van der Waals surface area (Å²) in [6.45, 7) is 2.09. The van der Waals surface area contributed by atoms with Crippen LogP contribution in [0.25, 0.3) is 0 Å². The SMILES string of the molecule is O=C(NC1CCC2OCCOC2C1)c1ccc(Cn2ccnc2)cc1. The monoisotopic (exact) mass is 341 g/mol. The fourth-order valence-electron chi connectivity index (χ4n) is 3.62. The summed E-state index contributed by atoms with van der Waals surface area (Å²) in [6.07, 6.45) is 8.50. The third-order valence-corrected chi connectivity index (χ3v) is 4.95. The number of fused-ring (bicyclic) bond motifs is 1. The van der Waals surface area contributed by atoms with E-state index in [1.54, 1.807) is 12.5 Å². The van der Waals surface area contributed by atoms with Crippen LogP contribution in [0.3, 0.4) is 0 Å². The van der Waals surface area contributed by atoms with E-state index in [9.17, 15) is 4.79 Å². The van der Waals surface area contributed by atoms with E-state index in [1.165, 1.54) is 0 Å². The molecule has 6 heteroatoms. The van der Waals surface area contributed by atoms with Crippen LogP contribution in [0.1, 0.15) is 35.2 Å². The first-order valence-corrected chi connectivity index (χ1v) is 8.87. The number of nitrogens with zero attached hydrogens (tertiary/aromatic N) is 2. The molecule has 1 N–H and O–H groups in total. The maximum atomic E-state index is 12.5. The van der Waals surface area contributed by atoms with Crippen molar-refractivity contribution in [3.63, 3.8) is 0 Å². The van der Waals surface area contributed by atoms with E-state index in [1.807, 2.05) is 35.0 Å². The second-order valence-corrected chi connectivity index (χ2v) is 6.73. The van der Waals surface area contributed by atoms with Gasteiger partial charge in [0.25, 0.3) is 5.91 Å². The van der Waals surface area contributed by atoms with Crippen LogP contribution >= 0.6 is 0 Å². The van der Waals surface area contributed by atoms with E-state index in [0.29, 0.717) is 18.8 Å². The predicted molar refractivity (Wildman–Crippen MR) is 92.4 cm³/mol. The van der Waals surface area contributed by atoms with Gasteiger partial charge in [0.2, 0.25) is 0 Å². The molecule has 2 aromatic rings. The minimum Gasteiger partial charge on any atom is -0.373 e. The molecule has 2 heterocycles. The van der Waals surface area contributed by atoms with Crippen molar-refractivity contribution in [2.45, 2.75) is 44.1 Å². The Hall–Kier alpha value is -2.18. The summed E-state index contributed by atoms with van der Waals surface area (Å²) in [5, 5.41) is 3.14. The maximum Gasteiger partial charge on any atom is 0.251 e. The van der Waals surface area contributed by atoms with Crippen LogP contribution < -0.4 is 5.32 Å². The first-order valence-electron chi connectivity index (χ1n) is 8.87. The second kappa shape index (κ2) is 7.37. The van der Waals surface area contributed by atoms with Crippen molar-refractivity contribution in [1.29, 1.82) is 0 Å².